The van der Waals surface area contributed by atoms with Crippen molar-refractivity contribution in [2.75, 3.05) is 19.6 Å². The monoisotopic (exact) mass is 470 g/mol. The highest BCUT2D eigenvalue weighted by atomic mass is 16.4. The van der Waals surface area contributed by atoms with E-state index in [-0.39, 0.29) is 37.3 Å². The first-order valence-corrected chi connectivity index (χ1v) is 11.3. The molecule has 1 rings (SSSR count). The summed E-state index contributed by atoms with van der Waals surface area (Å²) in [6.45, 7) is 2.76. The molecule has 188 valence electrons. The van der Waals surface area contributed by atoms with Crippen LogP contribution in [0.3, 0.4) is 0 Å². The van der Waals surface area contributed by atoms with Gasteiger partial charge in [-0.1, -0.05) is 0 Å². The van der Waals surface area contributed by atoms with E-state index in [1.54, 1.807) is 0 Å². The fourth-order valence-corrected chi connectivity index (χ4v) is 3.36. The highest BCUT2D eigenvalue weighted by molar-refractivity contribution is 5.94. The second kappa shape index (κ2) is 15.0. The lowest BCUT2D eigenvalue weighted by Gasteiger charge is -2.24. The SMILES string of the molecule is CC(NC(=O)C(CCCCN)NC(=O)C(CCCN=C(N)N)NC(=O)C1CCCN1)C(=O)O. The molecule has 0 aromatic rings. The van der Waals surface area contributed by atoms with E-state index in [4.69, 9.17) is 22.3 Å². The summed E-state index contributed by atoms with van der Waals surface area (Å²) in [7, 11) is 0. The second-order valence-corrected chi connectivity index (χ2v) is 8.07. The molecule has 13 heteroatoms. The molecule has 0 aromatic carbocycles. The molecular formula is C20H38N8O5. The summed E-state index contributed by atoms with van der Waals surface area (Å²) in [4.78, 5) is 53.2. The maximum absolute atomic E-state index is 13.0. The van der Waals surface area contributed by atoms with Crippen molar-refractivity contribution in [2.45, 2.75) is 76.0 Å². The van der Waals surface area contributed by atoms with Gasteiger partial charge in [-0.05, 0) is 65.0 Å². The first-order chi connectivity index (χ1) is 15.6. The van der Waals surface area contributed by atoms with Gasteiger partial charge in [0.25, 0.3) is 0 Å². The average Bonchev–Trinajstić information content (AvgIpc) is 3.29. The average molecular weight is 471 g/mol. The summed E-state index contributed by atoms with van der Waals surface area (Å²) in [6.07, 6.45) is 3.69. The van der Waals surface area contributed by atoms with Crippen LogP contribution in [0, 0.1) is 0 Å². The highest BCUT2D eigenvalue weighted by Gasteiger charge is 2.30. The van der Waals surface area contributed by atoms with Crippen molar-refractivity contribution >= 4 is 29.7 Å². The second-order valence-electron chi connectivity index (χ2n) is 8.07. The van der Waals surface area contributed by atoms with Crippen LogP contribution < -0.4 is 38.5 Å². The van der Waals surface area contributed by atoms with Gasteiger partial charge in [0.15, 0.2) is 5.96 Å². The van der Waals surface area contributed by atoms with Crippen LogP contribution in [-0.4, -0.2) is 78.6 Å². The quantitative estimate of drug-likeness (QED) is 0.0716. The minimum absolute atomic E-state index is 0.0700. The third-order valence-electron chi connectivity index (χ3n) is 5.26. The van der Waals surface area contributed by atoms with Gasteiger partial charge >= 0.3 is 5.97 Å². The van der Waals surface area contributed by atoms with Gasteiger partial charge in [-0.3, -0.25) is 24.2 Å². The smallest absolute Gasteiger partial charge is 0.325 e. The molecule has 0 aliphatic carbocycles. The van der Waals surface area contributed by atoms with Crippen LogP contribution in [0.4, 0.5) is 0 Å². The van der Waals surface area contributed by atoms with Gasteiger partial charge in [-0.15, -0.1) is 0 Å². The van der Waals surface area contributed by atoms with E-state index in [1.165, 1.54) is 6.92 Å². The van der Waals surface area contributed by atoms with Crippen molar-refractivity contribution in [3.63, 3.8) is 0 Å². The Morgan fingerprint density at radius 3 is 2.24 bits per heavy atom. The van der Waals surface area contributed by atoms with Crippen molar-refractivity contribution in [1.82, 2.24) is 21.3 Å². The van der Waals surface area contributed by atoms with Crippen LogP contribution in [0.2, 0.25) is 0 Å². The van der Waals surface area contributed by atoms with Crippen molar-refractivity contribution in [3.05, 3.63) is 0 Å². The summed E-state index contributed by atoms with van der Waals surface area (Å²) in [5.41, 5.74) is 16.2. The Labute approximate surface area is 193 Å². The lowest BCUT2D eigenvalue weighted by molar-refractivity contribution is -0.141. The zero-order valence-corrected chi connectivity index (χ0v) is 19.1. The van der Waals surface area contributed by atoms with Gasteiger partial charge in [0.1, 0.15) is 18.1 Å². The predicted molar refractivity (Wildman–Crippen MR) is 123 cm³/mol. The topological polar surface area (TPSA) is 227 Å². The molecule has 1 heterocycles. The van der Waals surface area contributed by atoms with E-state index in [1.807, 2.05) is 0 Å². The fraction of sp³-hybridized carbons (Fsp3) is 0.750. The van der Waals surface area contributed by atoms with Crippen molar-refractivity contribution < 1.29 is 24.3 Å². The van der Waals surface area contributed by atoms with Gasteiger partial charge in [0.2, 0.25) is 17.7 Å². The Bertz CT molecular complexity index is 692. The van der Waals surface area contributed by atoms with E-state index in [9.17, 15) is 19.2 Å². The predicted octanol–water partition coefficient (Wildman–Crippen LogP) is -2.52. The van der Waals surface area contributed by atoms with E-state index >= 15 is 0 Å². The molecular weight excluding hydrogens is 432 g/mol. The molecule has 0 aromatic heterocycles. The Morgan fingerprint density at radius 1 is 1.03 bits per heavy atom. The Balaban J connectivity index is 2.87. The third kappa shape index (κ3) is 11.0. The summed E-state index contributed by atoms with van der Waals surface area (Å²) in [6, 6.07) is -3.36. The molecule has 1 saturated heterocycles. The van der Waals surface area contributed by atoms with Crippen molar-refractivity contribution in [2.24, 2.45) is 22.2 Å². The summed E-state index contributed by atoms with van der Waals surface area (Å²) in [5, 5.41) is 19.9. The lowest BCUT2D eigenvalue weighted by Crippen LogP contribution is -2.56. The van der Waals surface area contributed by atoms with Gasteiger partial charge in [-0.2, -0.15) is 0 Å². The van der Waals surface area contributed by atoms with E-state index in [0.29, 0.717) is 32.2 Å². The maximum atomic E-state index is 13.0. The number of aliphatic imine (C=N–C) groups is 1. The number of nitrogens with zero attached hydrogens (tertiary/aromatic N) is 1. The van der Waals surface area contributed by atoms with Crippen LogP contribution in [0.25, 0.3) is 0 Å². The van der Waals surface area contributed by atoms with E-state index in [2.05, 4.69) is 26.3 Å². The number of hydrogen-bond donors (Lipinski definition) is 8. The molecule has 0 spiro atoms. The van der Waals surface area contributed by atoms with Crippen LogP contribution in [0.5, 0.6) is 0 Å². The molecule has 13 nitrogen and oxygen atoms in total. The Hall–Kier alpha value is -2.93. The first kappa shape index (κ1) is 28.1. The summed E-state index contributed by atoms with van der Waals surface area (Å²) in [5.74, 6) is -2.71. The number of aliphatic carboxylic acids is 1. The molecule has 1 aliphatic heterocycles. The minimum Gasteiger partial charge on any atom is -0.480 e. The number of nitrogens with two attached hydrogens (primary N) is 3. The largest absolute Gasteiger partial charge is 0.480 e. The number of carboxylic acid groups (broad SMARTS) is 1. The van der Waals surface area contributed by atoms with Gasteiger partial charge in [-0.25, -0.2) is 0 Å². The van der Waals surface area contributed by atoms with Crippen molar-refractivity contribution in [3.8, 4) is 0 Å². The minimum atomic E-state index is -1.19. The number of carbonyl (C=O) groups is 4. The molecule has 0 bridgehead atoms. The third-order valence-corrected chi connectivity index (χ3v) is 5.26. The van der Waals surface area contributed by atoms with Crippen LogP contribution >= 0.6 is 0 Å². The number of nitrogens with one attached hydrogen (secondary N) is 4. The standard InChI is InChI=1S/C20H38N8O5/c1-12(19(32)33)26-17(30)14(6-2-3-9-21)28-18(31)15(8-5-11-25-20(22)23)27-16(29)13-7-4-10-24-13/h12-15,24H,2-11,21H2,1H3,(H,26,30)(H,27,29)(H,28,31)(H,32,33)(H4,22,23,25). The molecule has 0 radical (unpaired) electrons. The van der Waals surface area contributed by atoms with Gasteiger partial charge in [0.05, 0.1) is 6.04 Å². The number of rotatable bonds is 15. The number of hydrogen-bond acceptors (Lipinski definition) is 7. The fourth-order valence-electron chi connectivity index (χ4n) is 3.36. The van der Waals surface area contributed by atoms with Gasteiger partial charge in [0, 0.05) is 6.54 Å². The number of amides is 3. The molecule has 1 aliphatic rings. The number of carboxylic acids is 1. The van der Waals surface area contributed by atoms with Gasteiger partial charge < -0.3 is 43.6 Å². The maximum Gasteiger partial charge on any atom is 0.325 e. The molecule has 3 amide bonds. The Kier molecular flexibility index (Phi) is 12.8. The number of carbonyl (C=O) groups excluding carboxylic acids is 3. The molecule has 1 fully saturated rings. The molecule has 11 N–H and O–H groups in total. The highest BCUT2D eigenvalue weighted by Crippen LogP contribution is 2.08. The Morgan fingerprint density at radius 2 is 1.67 bits per heavy atom. The number of guanidine groups is 1. The van der Waals surface area contributed by atoms with E-state index in [0.717, 1.165) is 13.0 Å². The summed E-state index contributed by atoms with van der Waals surface area (Å²) < 4.78 is 0. The first-order valence-electron chi connectivity index (χ1n) is 11.3. The molecule has 33 heavy (non-hydrogen) atoms. The zero-order valence-electron chi connectivity index (χ0n) is 19.1. The molecule has 4 unspecified atom stereocenters. The molecule has 4 atom stereocenters. The normalized spacial score (nSPS) is 17.9. The van der Waals surface area contributed by atoms with Crippen molar-refractivity contribution in [1.29, 1.82) is 0 Å². The van der Waals surface area contributed by atoms with E-state index < -0.39 is 35.9 Å². The van der Waals surface area contributed by atoms with Crippen LogP contribution in [-0.2, 0) is 19.2 Å². The zero-order chi connectivity index (χ0) is 24.8. The molecule has 0 saturated carbocycles. The van der Waals surface area contributed by atoms with Crippen LogP contribution in [0.1, 0.15) is 51.9 Å². The van der Waals surface area contributed by atoms with Crippen LogP contribution in [0.15, 0.2) is 4.99 Å². The lowest BCUT2D eigenvalue weighted by atomic mass is 10.1. The summed E-state index contributed by atoms with van der Waals surface area (Å²) >= 11 is 0. The number of unbranched alkanes of at least 4 members (excludes halogenated alkanes) is 1.